The van der Waals surface area contributed by atoms with E-state index >= 15 is 0 Å². The second-order valence-corrected chi connectivity index (χ2v) is 6.49. The molecule has 0 bridgehead atoms. The number of amides is 1. The summed E-state index contributed by atoms with van der Waals surface area (Å²) in [5.41, 5.74) is 1.29. The molecule has 0 unspecified atom stereocenters. The van der Waals surface area contributed by atoms with E-state index in [2.05, 4.69) is 10.5 Å². The zero-order valence-corrected chi connectivity index (χ0v) is 17.6. The fraction of sp³-hybridized carbons (Fsp3) is 0.167. The first-order valence-electron chi connectivity index (χ1n) is 9.64. The van der Waals surface area contributed by atoms with Gasteiger partial charge in [-0.25, -0.2) is 0 Å². The number of anilines is 1. The third-order valence-electron chi connectivity index (χ3n) is 4.31. The summed E-state index contributed by atoms with van der Waals surface area (Å²) in [6.45, 7) is 1.61. The molecule has 0 saturated heterocycles. The van der Waals surface area contributed by atoms with E-state index in [-0.39, 0.29) is 5.91 Å². The Morgan fingerprint density at radius 1 is 0.903 bits per heavy atom. The van der Waals surface area contributed by atoms with Crippen molar-refractivity contribution in [1.82, 2.24) is 0 Å². The first-order valence-corrected chi connectivity index (χ1v) is 9.64. The van der Waals surface area contributed by atoms with E-state index in [4.69, 9.17) is 19.0 Å². The number of oxime groups is 1. The van der Waals surface area contributed by atoms with E-state index in [1.165, 1.54) is 6.21 Å². The zero-order valence-electron chi connectivity index (χ0n) is 17.6. The highest BCUT2D eigenvalue weighted by molar-refractivity contribution is 5.94. The predicted octanol–water partition coefficient (Wildman–Crippen LogP) is 4.87. The third-order valence-corrected chi connectivity index (χ3v) is 4.31. The monoisotopic (exact) mass is 420 g/mol. The first-order chi connectivity index (χ1) is 15.1. The molecule has 0 saturated carbocycles. The molecule has 1 atom stereocenters. The molecule has 7 heteroatoms. The summed E-state index contributed by atoms with van der Waals surface area (Å²) in [5.74, 6) is 2.20. The normalized spacial score (nSPS) is 11.6. The van der Waals surface area contributed by atoms with Crippen molar-refractivity contribution in [2.24, 2.45) is 5.16 Å². The van der Waals surface area contributed by atoms with Gasteiger partial charge in [0.15, 0.2) is 11.5 Å². The highest BCUT2D eigenvalue weighted by atomic mass is 16.6. The number of ether oxygens (including phenoxy) is 3. The Balaban J connectivity index is 1.54. The van der Waals surface area contributed by atoms with Crippen LogP contribution in [0, 0.1) is 0 Å². The van der Waals surface area contributed by atoms with Crippen LogP contribution in [0.25, 0.3) is 0 Å². The van der Waals surface area contributed by atoms with Gasteiger partial charge in [0.1, 0.15) is 11.5 Å². The largest absolute Gasteiger partial charge is 0.493 e. The van der Waals surface area contributed by atoms with Gasteiger partial charge >= 0.3 is 0 Å². The number of hydrogen-bond donors (Lipinski definition) is 1. The maximum Gasteiger partial charge on any atom is 0.267 e. The summed E-state index contributed by atoms with van der Waals surface area (Å²) in [7, 11) is 3.10. The summed E-state index contributed by atoms with van der Waals surface area (Å²) < 4.78 is 16.3. The Bertz CT molecular complexity index is 1020. The van der Waals surface area contributed by atoms with Crippen LogP contribution in [0.4, 0.5) is 5.69 Å². The summed E-state index contributed by atoms with van der Waals surface area (Å²) in [4.78, 5) is 17.7. The van der Waals surface area contributed by atoms with E-state index in [9.17, 15) is 4.79 Å². The van der Waals surface area contributed by atoms with Crippen LogP contribution in [-0.4, -0.2) is 32.4 Å². The van der Waals surface area contributed by atoms with Crippen LogP contribution in [0.5, 0.6) is 23.0 Å². The van der Waals surface area contributed by atoms with E-state index in [1.807, 2.05) is 36.4 Å². The Labute approximate surface area is 181 Å². The van der Waals surface area contributed by atoms with Gasteiger partial charge in [-0.2, -0.15) is 0 Å². The van der Waals surface area contributed by atoms with Gasteiger partial charge in [-0.15, -0.1) is 0 Å². The molecule has 0 aromatic heterocycles. The number of methoxy groups -OCH3 is 2. The van der Waals surface area contributed by atoms with Crippen molar-refractivity contribution >= 4 is 17.8 Å². The lowest BCUT2D eigenvalue weighted by Gasteiger charge is -2.12. The summed E-state index contributed by atoms with van der Waals surface area (Å²) in [5, 5.41) is 6.69. The lowest BCUT2D eigenvalue weighted by atomic mass is 10.2. The van der Waals surface area contributed by atoms with Crippen molar-refractivity contribution < 1.29 is 23.8 Å². The number of carbonyl (C=O) groups excluding carboxylic acids is 1. The first kappa shape index (κ1) is 21.7. The molecule has 1 amide bonds. The molecular formula is C24H24N2O5. The molecule has 31 heavy (non-hydrogen) atoms. The van der Waals surface area contributed by atoms with Crippen molar-refractivity contribution in [3.63, 3.8) is 0 Å². The number of carbonyl (C=O) groups is 1. The lowest BCUT2D eigenvalue weighted by molar-refractivity contribution is -0.126. The van der Waals surface area contributed by atoms with Gasteiger partial charge in [0.05, 0.1) is 20.4 Å². The predicted molar refractivity (Wildman–Crippen MR) is 119 cm³/mol. The maximum absolute atomic E-state index is 12.4. The summed E-state index contributed by atoms with van der Waals surface area (Å²) in [6, 6.07) is 21.9. The Morgan fingerprint density at radius 2 is 1.61 bits per heavy atom. The van der Waals surface area contributed by atoms with Gasteiger partial charge in [-0.05, 0) is 55.5 Å². The van der Waals surface area contributed by atoms with Crippen LogP contribution in [0.3, 0.4) is 0 Å². The Morgan fingerprint density at radius 3 is 2.29 bits per heavy atom. The number of para-hydroxylation sites is 2. The molecule has 0 aliphatic rings. The van der Waals surface area contributed by atoms with E-state index in [1.54, 1.807) is 57.5 Å². The topological polar surface area (TPSA) is 78.4 Å². The molecule has 0 fully saturated rings. The van der Waals surface area contributed by atoms with Crippen LogP contribution in [-0.2, 0) is 9.63 Å². The molecule has 3 aromatic rings. The quantitative estimate of drug-likeness (QED) is 0.395. The number of rotatable bonds is 9. The molecule has 1 N–H and O–H groups in total. The Hall–Kier alpha value is -4.00. The number of hydrogen-bond acceptors (Lipinski definition) is 6. The van der Waals surface area contributed by atoms with Gasteiger partial charge in [0.25, 0.3) is 5.91 Å². The summed E-state index contributed by atoms with van der Waals surface area (Å²) >= 11 is 0. The average molecular weight is 420 g/mol. The van der Waals surface area contributed by atoms with E-state index in [0.29, 0.717) is 28.5 Å². The standard InChI is InChI=1S/C24H24N2O5/c1-17(31-25-16-18-8-7-11-22(28-2)23(18)29-3)24(27)26-19-12-14-21(15-13-19)30-20-9-5-4-6-10-20/h4-17H,1-3H3,(H,26,27)/b25-16-/t17-/m0/s1. The fourth-order valence-electron chi connectivity index (χ4n) is 2.71. The van der Waals surface area contributed by atoms with Gasteiger partial charge in [0, 0.05) is 11.3 Å². The van der Waals surface area contributed by atoms with Crippen molar-refractivity contribution in [2.45, 2.75) is 13.0 Å². The second kappa shape index (κ2) is 10.7. The summed E-state index contributed by atoms with van der Waals surface area (Å²) in [6.07, 6.45) is 0.675. The van der Waals surface area contributed by atoms with Crippen molar-refractivity contribution in [3.05, 3.63) is 78.4 Å². The molecule has 3 aromatic carbocycles. The highest BCUT2D eigenvalue weighted by Gasteiger charge is 2.15. The highest BCUT2D eigenvalue weighted by Crippen LogP contribution is 2.29. The molecule has 7 nitrogen and oxygen atoms in total. The maximum atomic E-state index is 12.4. The minimum Gasteiger partial charge on any atom is -0.493 e. The van der Waals surface area contributed by atoms with Crippen LogP contribution in [0.15, 0.2) is 78.0 Å². The smallest absolute Gasteiger partial charge is 0.267 e. The Kier molecular flexibility index (Phi) is 7.48. The number of nitrogens with zero attached hydrogens (tertiary/aromatic N) is 1. The molecule has 0 aliphatic carbocycles. The van der Waals surface area contributed by atoms with Crippen molar-refractivity contribution in [1.29, 1.82) is 0 Å². The van der Waals surface area contributed by atoms with Crippen molar-refractivity contribution in [3.8, 4) is 23.0 Å². The molecule has 0 radical (unpaired) electrons. The van der Waals surface area contributed by atoms with Crippen LogP contribution < -0.4 is 19.5 Å². The fourth-order valence-corrected chi connectivity index (χ4v) is 2.71. The minimum absolute atomic E-state index is 0.327. The van der Waals surface area contributed by atoms with Crippen LogP contribution in [0.2, 0.25) is 0 Å². The van der Waals surface area contributed by atoms with Crippen LogP contribution in [0.1, 0.15) is 12.5 Å². The second-order valence-electron chi connectivity index (χ2n) is 6.49. The van der Waals surface area contributed by atoms with Gasteiger partial charge in [0.2, 0.25) is 6.10 Å². The van der Waals surface area contributed by atoms with Gasteiger partial charge < -0.3 is 24.4 Å². The van der Waals surface area contributed by atoms with Crippen LogP contribution >= 0.6 is 0 Å². The van der Waals surface area contributed by atoms with E-state index < -0.39 is 6.10 Å². The number of nitrogens with one attached hydrogen (secondary N) is 1. The molecule has 0 aliphatic heterocycles. The molecule has 0 spiro atoms. The zero-order chi connectivity index (χ0) is 22.1. The van der Waals surface area contributed by atoms with E-state index in [0.717, 1.165) is 5.75 Å². The van der Waals surface area contributed by atoms with Gasteiger partial charge in [-0.3, -0.25) is 4.79 Å². The molecule has 160 valence electrons. The SMILES string of the molecule is COc1cccc(/C=N\O[C@@H](C)C(=O)Nc2ccc(Oc3ccccc3)cc2)c1OC. The molecule has 0 heterocycles. The molecule has 3 rings (SSSR count). The molecular weight excluding hydrogens is 396 g/mol. The third kappa shape index (κ3) is 5.99. The van der Waals surface area contributed by atoms with Gasteiger partial charge in [-0.1, -0.05) is 29.4 Å². The van der Waals surface area contributed by atoms with Crippen molar-refractivity contribution in [2.75, 3.05) is 19.5 Å². The minimum atomic E-state index is -0.798. The lowest BCUT2D eigenvalue weighted by Crippen LogP contribution is -2.26. The average Bonchev–Trinajstić information content (AvgIpc) is 2.80. The number of benzene rings is 3.